The Kier molecular flexibility index (Phi) is 7.82. The minimum absolute atomic E-state index is 0.0331. The van der Waals surface area contributed by atoms with E-state index in [2.05, 4.69) is 11.2 Å². The Morgan fingerprint density at radius 2 is 2.03 bits per heavy atom. The first kappa shape index (κ1) is 23.0. The van der Waals surface area contributed by atoms with Gasteiger partial charge in [-0.2, -0.15) is 16.8 Å². The molecule has 2 atom stereocenters. The first-order valence-electron chi connectivity index (χ1n) is 10.4. The lowest BCUT2D eigenvalue weighted by Crippen LogP contribution is -2.76. The molecule has 0 radical (unpaired) electrons. The highest BCUT2D eigenvalue weighted by Crippen LogP contribution is 2.28. The predicted octanol–water partition coefficient (Wildman–Crippen LogP) is 1.20. The van der Waals surface area contributed by atoms with Crippen molar-refractivity contribution >= 4 is 29.6 Å². The van der Waals surface area contributed by atoms with Crippen LogP contribution < -0.4 is 5.32 Å². The molecule has 2 aliphatic rings. The molecule has 1 N–H and O–H groups in total. The first-order valence-corrected chi connectivity index (χ1v) is 11.8. The summed E-state index contributed by atoms with van der Waals surface area (Å²) in [5.74, 6) is 3.05. The summed E-state index contributed by atoms with van der Waals surface area (Å²) in [6, 6.07) is 8.70. The summed E-state index contributed by atoms with van der Waals surface area (Å²) in [6.07, 6.45) is 7.46. The Bertz CT molecular complexity index is 843. The van der Waals surface area contributed by atoms with Crippen molar-refractivity contribution in [2.24, 2.45) is 0 Å². The van der Waals surface area contributed by atoms with Crippen LogP contribution in [0.2, 0.25) is 0 Å². The van der Waals surface area contributed by atoms with Crippen LogP contribution in [0.4, 0.5) is 4.79 Å². The lowest BCUT2D eigenvalue weighted by Gasteiger charge is -2.54. The minimum Gasteiger partial charge on any atom is -0.337 e. The molecule has 3 rings (SSSR count). The van der Waals surface area contributed by atoms with Gasteiger partial charge in [0.25, 0.3) is 0 Å². The summed E-state index contributed by atoms with van der Waals surface area (Å²) in [6.45, 7) is 3.13. The molecule has 0 spiro atoms. The number of rotatable bonds is 7. The summed E-state index contributed by atoms with van der Waals surface area (Å²) < 4.78 is 0. The molecule has 166 valence electrons. The van der Waals surface area contributed by atoms with E-state index in [-0.39, 0.29) is 37.5 Å². The number of amides is 4. The average molecular weight is 444 g/mol. The van der Waals surface area contributed by atoms with Crippen LogP contribution in [0.3, 0.4) is 0 Å². The summed E-state index contributed by atoms with van der Waals surface area (Å²) in [4.78, 5) is 42.7. The number of hydrazine groups is 1. The van der Waals surface area contributed by atoms with Gasteiger partial charge in [0.05, 0.1) is 19.6 Å². The molecule has 31 heavy (non-hydrogen) atoms. The minimum atomic E-state index is -0.588. The third-order valence-corrected chi connectivity index (χ3v) is 6.22. The van der Waals surface area contributed by atoms with E-state index in [9.17, 15) is 14.4 Å². The molecule has 0 aliphatic carbocycles. The number of piperazine rings is 1. The van der Waals surface area contributed by atoms with Crippen molar-refractivity contribution in [2.45, 2.75) is 32.1 Å². The van der Waals surface area contributed by atoms with E-state index >= 15 is 0 Å². The molecule has 0 saturated carbocycles. The molecule has 1 aromatic carbocycles. The number of thioether (sulfide) groups is 1. The van der Waals surface area contributed by atoms with Gasteiger partial charge in [-0.3, -0.25) is 9.59 Å². The molecular formula is C22H29N5O3S. The maximum absolute atomic E-state index is 13.3. The van der Waals surface area contributed by atoms with E-state index in [0.717, 1.165) is 11.3 Å². The quantitative estimate of drug-likeness (QED) is 0.641. The van der Waals surface area contributed by atoms with Crippen molar-refractivity contribution < 1.29 is 14.4 Å². The van der Waals surface area contributed by atoms with Gasteiger partial charge < -0.3 is 15.1 Å². The largest absolute Gasteiger partial charge is 0.337 e. The summed E-state index contributed by atoms with van der Waals surface area (Å²) >= 11 is 1.63. The van der Waals surface area contributed by atoms with E-state index in [4.69, 9.17) is 6.42 Å². The number of hydrogen-bond donors (Lipinski definition) is 1. The number of carbonyl (C=O) groups excluding carboxylic acids is 3. The molecule has 8 nitrogen and oxygen atoms in total. The number of urea groups is 1. The van der Waals surface area contributed by atoms with Crippen LogP contribution in [0.25, 0.3) is 0 Å². The molecule has 9 heteroatoms. The molecule has 1 aromatic rings. The third kappa shape index (κ3) is 4.97. The maximum atomic E-state index is 13.3. The number of terminal acetylenes is 1. The Labute approximate surface area is 187 Å². The monoisotopic (exact) mass is 443 g/mol. The highest BCUT2D eigenvalue weighted by molar-refractivity contribution is 7.98. The number of carbonyl (C=O) groups is 3. The van der Waals surface area contributed by atoms with Crippen molar-refractivity contribution in [3.63, 3.8) is 0 Å². The average Bonchev–Trinajstić information content (AvgIpc) is 2.77. The van der Waals surface area contributed by atoms with Crippen molar-refractivity contribution in [3.05, 3.63) is 35.9 Å². The molecule has 4 amide bonds. The number of nitrogens with one attached hydrogen (secondary N) is 1. The van der Waals surface area contributed by atoms with E-state index < -0.39 is 12.2 Å². The molecule has 2 aliphatic heterocycles. The molecule has 2 heterocycles. The van der Waals surface area contributed by atoms with Crippen molar-refractivity contribution in [2.75, 3.05) is 38.2 Å². The zero-order chi connectivity index (χ0) is 22.4. The smallest absolute Gasteiger partial charge is 0.334 e. The highest BCUT2D eigenvalue weighted by atomic mass is 32.2. The lowest BCUT2D eigenvalue weighted by molar-refractivity contribution is -0.188. The summed E-state index contributed by atoms with van der Waals surface area (Å²) in [5.41, 5.74) is 0.969. The third-order valence-electron chi connectivity index (χ3n) is 5.58. The van der Waals surface area contributed by atoms with Gasteiger partial charge in [0.1, 0.15) is 12.2 Å². The molecule has 0 unspecified atom stereocenters. The van der Waals surface area contributed by atoms with Crippen LogP contribution in [-0.2, 0) is 16.1 Å². The van der Waals surface area contributed by atoms with Crippen LogP contribution in [0.15, 0.2) is 30.3 Å². The fourth-order valence-electron chi connectivity index (χ4n) is 4.08. The van der Waals surface area contributed by atoms with E-state index in [1.165, 1.54) is 5.01 Å². The van der Waals surface area contributed by atoms with Gasteiger partial charge in [0.15, 0.2) is 0 Å². The molecule has 2 fully saturated rings. The normalized spacial score (nSPS) is 21.6. The van der Waals surface area contributed by atoms with Gasteiger partial charge in [-0.1, -0.05) is 36.3 Å². The lowest BCUT2D eigenvalue weighted by atomic mass is 10.0. The van der Waals surface area contributed by atoms with Crippen LogP contribution in [0.1, 0.15) is 18.9 Å². The standard InChI is InChI=1S/C22H29N5O3S/c1-4-12-25-16-20(28)26-18(11-13-31-3)21(29)24(5-2)15-19(26)27(25)22(30)23-14-17-9-7-6-8-10-17/h1,6-10,18-19H,5,11-16H2,2-3H3,(H,23,30)/t18-,19-/m0/s1. The Morgan fingerprint density at radius 3 is 2.68 bits per heavy atom. The van der Waals surface area contributed by atoms with Gasteiger partial charge in [0.2, 0.25) is 11.8 Å². The van der Waals surface area contributed by atoms with Crippen LogP contribution in [-0.4, -0.2) is 88.1 Å². The summed E-state index contributed by atoms with van der Waals surface area (Å²) in [7, 11) is 0. The van der Waals surface area contributed by atoms with E-state index in [0.29, 0.717) is 19.5 Å². The zero-order valence-corrected chi connectivity index (χ0v) is 18.8. The molecule has 0 bridgehead atoms. The van der Waals surface area contributed by atoms with Gasteiger partial charge in [-0.15, -0.1) is 6.42 Å². The Morgan fingerprint density at radius 1 is 1.29 bits per heavy atom. The van der Waals surface area contributed by atoms with Crippen molar-refractivity contribution in [1.82, 2.24) is 25.1 Å². The summed E-state index contributed by atoms with van der Waals surface area (Å²) in [5, 5.41) is 6.07. The van der Waals surface area contributed by atoms with Crippen LogP contribution in [0.5, 0.6) is 0 Å². The number of likely N-dealkylation sites (N-methyl/N-ethyl adjacent to an activating group) is 1. The number of nitrogens with zero attached hydrogens (tertiary/aromatic N) is 4. The van der Waals surface area contributed by atoms with Gasteiger partial charge in [-0.05, 0) is 30.9 Å². The molecular weight excluding hydrogens is 414 g/mol. The van der Waals surface area contributed by atoms with E-state index in [1.54, 1.807) is 26.6 Å². The van der Waals surface area contributed by atoms with Crippen LogP contribution >= 0.6 is 11.8 Å². The van der Waals surface area contributed by atoms with Gasteiger partial charge >= 0.3 is 6.03 Å². The number of fused-ring (bicyclic) bond motifs is 1. The predicted molar refractivity (Wildman–Crippen MR) is 121 cm³/mol. The second-order valence-corrected chi connectivity index (χ2v) is 8.46. The highest BCUT2D eigenvalue weighted by Gasteiger charge is 2.50. The Hall–Kier alpha value is -2.70. The van der Waals surface area contributed by atoms with Gasteiger partial charge in [0, 0.05) is 13.1 Å². The zero-order valence-electron chi connectivity index (χ0n) is 18.0. The Balaban J connectivity index is 1.88. The molecule has 2 saturated heterocycles. The maximum Gasteiger partial charge on any atom is 0.334 e. The second-order valence-electron chi connectivity index (χ2n) is 7.47. The van der Waals surface area contributed by atoms with Crippen LogP contribution in [0, 0.1) is 12.3 Å². The van der Waals surface area contributed by atoms with Crippen molar-refractivity contribution in [3.8, 4) is 12.3 Å². The topological polar surface area (TPSA) is 76.2 Å². The molecule has 0 aromatic heterocycles. The number of benzene rings is 1. The first-order chi connectivity index (χ1) is 15.0. The fourth-order valence-corrected chi connectivity index (χ4v) is 4.54. The van der Waals surface area contributed by atoms with E-state index in [1.807, 2.05) is 43.5 Å². The number of hydrogen-bond acceptors (Lipinski definition) is 5. The SMILES string of the molecule is C#CCN1CC(=O)N2[C@@H](CCSC)C(=O)N(CC)C[C@@H]2N1C(=O)NCc1ccccc1. The van der Waals surface area contributed by atoms with Gasteiger partial charge in [-0.25, -0.2) is 9.80 Å². The van der Waals surface area contributed by atoms with Crippen molar-refractivity contribution in [1.29, 1.82) is 0 Å². The second kappa shape index (κ2) is 10.6. The fraction of sp³-hybridized carbons (Fsp3) is 0.500.